The predicted molar refractivity (Wildman–Crippen MR) is 64.1 cm³/mol. The molecule has 3 N–H and O–H groups in total. The van der Waals surface area contributed by atoms with Crippen LogP contribution in [0.4, 0.5) is 0 Å². The Hall–Kier alpha value is -0.240. The molecule has 0 atom stereocenters. The summed E-state index contributed by atoms with van der Waals surface area (Å²) >= 11 is 4.58. The van der Waals surface area contributed by atoms with Gasteiger partial charge in [0, 0.05) is 19.2 Å². The van der Waals surface area contributed by atoms with Crippen LogP contribution in [0.15, 0.2) is 0 Å². The fourth-order valence-electron chi connectivity index (χ4n) is 1.21. The fourth-order valence-corrected chi connectivity index (χ4v) is 3.23. The van der Waals surface area contributed by atoms with Gasteiger partial charge in [-0.15, -0.1) is 0 Å². The molecule has 7 heteroatoms. The van der Waals surface area contributed by atoms with Gasteiger partial charge in [-0.25, -0.2) is 8.42 Å². The summed E-state index contributed by atoms with van der Waals surface area (Å²) in [7, 11) is -3.44. The normalized spacial score (nSPS) is 12.3. The van der Waals surface area contributed by atoms with Crippen LogP contribution < -0.4 is 5.73 Å². The fraction of sp³-hybridized carbons (Fsp3) is 0.875. The SMILES string of the molecule is CC(C)N(CCCO)S(=O)(=O)CC(N)=S. The van der Waals surface area contributed by atoms with E-state index in [0.29, 0.717) is 13.0 Å². The van der Waals surface area contributed by atoms with Crippen molar-refractivity contribution in [1.82, 2.24) is 4.31 Å². The third-order valence-corrected chi connectivity index (χ3v) is 4.12. The molecule has 0 rings (SSSR count). The summed E-state index contributed by atoms with van der Waals surface area (Å²) in [5.74, 6) is -0.314. The van der Waals surface area contributed by atoms with Crippen molar-refractivity contribution in [2.45, 2.75) is 26.3 Å². The van der Waals surface area contributed by atoms with E-state index in [4.69, 9.17) is 10.8 Å². The molecule has 0 aliphatic heterocycles. The van der Waals surface area contributed by atoms with E-state index in [1.165, 1.54) is 4.31 Å². The van der Waals surface area contributed by atoms with Crippen molar-refractivity contribution in [3.05, 3.63) is 0 Å². The van der Waals surface area contributed by atoms with Gasteiger partial charge < -0.3 is 10.8 Å². The quantitative estimate of drug-likeness (QED) is 0.609. The van der Waals surface area contributed by atoms with E-state index < -0.39 is 10.0 Å². The highest BCUT2D eigenvalue weighted by Gasteiger charge is 2.24. The first-order chi connectivity index (χ1) is 6.81. The number of nitrogens with two attached hydrogens (primary N) is 1. The molecule has 15 heavy (non-hydrogen) atoms. The van der Waals surface area contributed by atoms with Gasteiger partial charge in [-0.2, -0.15) is 4.31 Å². The van der Waals surface area contributed by atoms with Crippen molar-refractivity contribution in [2.24, 2.45) is 5.73 Å². The summed E-state index contributed by atoms with van der Waals surface area (Å²) in [5.41, 5.74) is 5.22. The Morgan fingerprint density at radius 1 is 1.53 bits per heavy atom. The van der Waals surface area contributed by atoms with E-state index in [9.17, 15) is 8.42 Å². The molecule has 90 valence electrons. The second-order valence-electron chi connectivity index (χ2n) is 3.50. The third-order valence-electron chi connectivity index (χ3n) is 1.79. The van der Waals surface area contributed by atoms with Crippen LogP contribution in [0.3, 0.4) is 0 Å². The summed E-state index contributed by atoms with van der Waals surface area (Å²) in [5, 5.41) is 8.67. The Morgan fingerprint density at radius 3 is 2.40 bits per heavy atom. The van der Waals surface area contributed by atoms with Crippen LogP contribution in [-0.4, -0.2) is 47.8 Å². The van der Waals surface area contributed by atoms with E-state index >= 15 is 0 Å². The number of thiocarbonyl (C=S) groups is 1. The molecule has 0 unspecified atom stereocenters. The van der Waals surface area contributed by atoms with Crippen molar-refractivity contribution in [1.29, 1.82) is 0 Å². The van der Waals surface area contributed by atoms with Gasteiger partial charge >= 0.3 is 0 Å². The van der Waals surface area contributed by atoms with Crippen molar-refractivity contribution in [3.8, 4) is 0 Å². The average molecular weight is 254 g/mol. The first kappa shape index (κ1) is 14.8. The molecule has 0 aliphatic rings. The molecule has 0 spiro atoms. The molecule has 0 aromatic rings. The molecular weight excluding hydrogens is 236 g/mol. The molecule has 0 bridgehead atoms. The van der Waals surface area contributed by atoms with Gasteiger partial charge in [0.1, 0.15) is 5.75 Å². The van der Waals surface area contributed by atoms with Crippen molar-refractivity contribution < 1.29 is 13.5 Å². The lowest BCUT2D eigenvalue weighted by molar-refractivity contribution is 0.259. The predicted octanol–water partition coefficient (Wildman–Crippen LogP) is -0.305. The number of nitrogens with zero attached hydrogens (tertiary/aromatic N) is 1. The molecule has 5 nitrogen and oxygen atoms in total. The van der Waals surface area contributed by atoms with Crippen LogP contribution in [0.2, 0.25) is 0 Å². The summed E-state index contributed by atoms with van der Waals surface area (Å²) in [6.07, 6.45) is 0.411. The maximum atomic E-state index is 11.8. The number of aliphatic hydroxyl groups is 1. The second-order valence-corrected chi connectivity index (χ2v) is 5.95. The van der Waals surface area contributed by atoms with Gasteiger partial charge in [0.25, 0.3) is 0 Å². The number of sulfonamides is 1. The number of aliphatic hydroxyl groups excluding tert-OH is 1. The van der Waals surface area contributed by atoms with Gasteiger partial charge in [0.15, 0.2) is 0 Å². The minimum atomic E-state index is -3.44. The Bertz CT molecular complexity index is 301. The molecule has 0 amide bonds. The molecule has 0 aliphatic carbocycles. The molecule has 0 fully saturated rings. The minimum Gasteiger partial charge on any atom is -0.396 e. The summed E-state index contributed by atoms with van der Waals surface area (Å²) in [6.45, 7) is 3.80. The molecule has 0 heterocycles. The Labute approximate surface area is 96.3 Å². The van der Waals surface area contributed by atoms with E-state index in [1.54, 1.807) is 13.8 Å². The largest absolute Gasteiger partial charge is 0.396 e. The van der Waals surface area contributed by atoms with Crippen molar-refractivity contribution in [2.75, 3.05) is 18.9 Å². The van der Waals surface area contributed by atoms with Gasteiger partial charge in [-0.05, 0) is 20.3 Å². The van der Waals surface area contributed by atoms with Gasteiger partial charge in [-0.1, -0.05) is 12.2 Å². The molecular formula is C8H18N2O3S2. The highest BCUT2D eigenvalue weighted by molar-refractivity contribution is 7.92. The highest BCUT2D eigenvalue weighted by atomic mass is 32.2. The molecule has 0 saturated heterocycles. The number of rotatable bonds is 7. The zero-order chi connectivity index (χ0) is 12.1. The van der Waals surface area contributed by atoms with Crippen LogP contribution in [0.1, 0.15) is 20.3 Å². The first-order valence-corrected chi connectivity index (χ1v) is 6.71. The zero-order valence-electron chi connectivity index (χ0n) is 9.01. The topological polar surface area (TPSA) is 83.6 Å². The van der Waals surface area contributed by atoms with E-state index in [1.807, 2.05) is 0 Å². The van der Waals surface area contributed by atoms with Crippen LogP contribution >= 0.6 is 12.2 Å². The first-order valence-electron chi connectivity index (χ1n) is 4.70. The number of hydrogen-bond donors (Lipinski definition) is 2. The molecule has 0 aromatic heterocycles. The lowest BCUT2D eigenvalue weighted by Gasteiger charge is -2.25. The third kappa shape index (κ3) is 5.41. The minimum absolute atomic E-state index is 0.0359. The van der Waals surface area contributed by atoms with Gasteiger partial charge in [-0.3, -0.25) is 0 Å². The van der Waals surface area contributed by atoms with Crippen molar-refractivity contribution >= 4 is 27.2 Å². The Morgan fingerprint density at radius 2 is 2.07 bits per heavy atom. The van der Waals surface area contributed by atoms with Crippen molar-refractivity contribution in [3.63, 3.8) is 0 Å². The van der Waals surface area contributed by atoms with E-state index in [0.717, 1.165) is 0 Å². The van der Waals surface area contributed by atoms with E-state index in [2.05, 4.69) is 12.2 Å². The maximum absolute atomic E-state index is 11.8. The van der Waals surface area contributed by atoms with Crippen LogP contribution in [0.25, 0.3) is 0 Å². The van der Waals surface area contributed by atoms with Gasteiger partial charge in [0.05, 0.1) is 4.99 Å². The Balaban J connectivity index is 4.67. The van der Waals surface area contributed by atoms with Crippen LogP contribution in [0.5, 0.6) is 0 Å². The Kier molecular flexibility index (Phi) is 6.26. The maximum Gasteiger partial charge on any atom is 0.220 e. The molecule has 0 saturated carbocycles. The summed E-state index contributed by atoms with van der Waals surface area (Å²) < 4.78 is 24.8. The lowest BCUT2D eigenvalue weighted by atomic mass is 10.3. The lowest BCUT2D eigenvalue weighted by Crippen LogP contribution is -2.41. The molecule has 0 radical (unpaired) electrons. The summed E-state index contributed by atoms with van der Waals surface area (Å²) in [4.78, 5) is -0.0374. The van der Waals surface area contributed by atoms with Crippen LogP contribution in [0, 0.1) is 0 Å². The van der Waals surface area contributed by atoms with E-state index in [-0.39, 0.29) is 23.4 Å². The zero-order valence-corrected chi connectivity index (χ0v) is 10.6. The summed E-state index contributed by atoms with van der Waals surface area (Å²) in [6, 6.07) is -0.157. The van der Waals surface area contributed by atoms with Gasteiger partial charge in [0.2, 0.25) is 10.0 Å². The smallest absolute Gasteiger partial charge is 0.220 e. The second kappa shape index (κ2) is 6.37. The molecule has 0 aromatic carbocycles. The average Bonchev–Trinajstić information content (AvgIpc) is 2.00. The standard InChI is InChI=1S/C8H18N2O3S2/c1-7(2)10(4-3-5-11)15(12,13)6-8(9)14/h7,11H,3-6H2,1-2H3,(H2,9,14). The highest BCUT2D eigenvalue weighted by Crippen LogP contribution is 2.08. The number of hydrogen-bond acceptors (Lipinski definition) is 4. The monoisotopic (exact) mass is 254 g/mol. The van der Waals surface area contributed by atoms with Crippen LogP contribution in [-0.2, 0) is 10.0 Å².